The highest BCUT2D eigenvalue weighted by molar-refractivity contribution is 5.77. The van der Waals surface area contributed by atoms with Crippen molar-refractivity contribution in [2.24, 2.45) is 0 Å². The van der Waals surface area contributed by atoms with Gasteiger partial charge in [-0.25, -0.2) is 0 Å². The largest absolute Gasteiger partial charge is 0.497 e. The number of aryl methyl sites for hydroxylation is 1. The number of amides is 1. The van der Waals surface area contributed by atoms with E-state index in [0.29, 0.717) is 23.9 Å². The van der Waals surface area contributed by atoms with E-state index in [9.17, 15) is 4.79 Å². The van der Waals surface area contributed by atoms with Crippen molar-refractivity contribution in [3.63, 3.8) is 0 Å². The summed E-state index contributed by atoms with van der Waals surface area (Å²) in [7, 11) is 3.16. The quantitative estimate of drug-likeness (QED) is 0.691. The first-order valence-corrected chi connectivity index (χ1v) is 8.46. The summed E-state index contributed by atoms with van der Waals surface area (Å²) in [6, 6.07) is 13.2. The van der Waals surface area contributed by atoms with Gasteiger partial charge < -0.3 is 19.2 Å². The maximum Gasteiger partial charge on any atom is 0.247 e. The minimum Gasteiger partial charge on any atom is -0.497 e. The van der Waals surface area contributed by atoms with Gasteiger partial charge in [-0.3, -0.25) is 4.79 Å². The van der Waals surface area contributed by atoms with Gasteiger partial charge in [-0.15, -0.1) is 10.2 Å². The number of hydrogen-bond donors (Lipinski definition) is 1. The smallest absolute Gasteiger partial charge is 0.247 e. The number of ether oxygens (including phenoxy) is 2. The molecule has 1 aromatic heterocycles. The summed E-state index contributed by atoms with van der Waals surface area (Å²) in [5, 5.41) is 10.8. The van der Waals surface area contributed by atoms with E-state index in [1.165, 1.54) is 0 Å². The van der Waals surface area contributed by atoms with Gasteiger partial charge in [0.2, 0.25) is 17.7 Å². The van der Waals surface area contributed by atoms with Crippen LogP contribution in [0.3, 0.4) is 0 Å². The van der Waals surface area contributed by atoms with Crippen molar-refractivity contribution < 1.29 is 18.7 Å². The fraction of sp³-hybridized carbons (Fsp3) is 0.250. The first-order chi connectivity index (χ1) is 13.1. The minimum absolute atomic E-state index is 0.0112. The summed E-state index contributed by atoms with van der Waals surface area (Å²) in [5.74, 6) is 1.79. The Morgan fingerprint density at radius 3 is 2.56 bits per heavy atom. The van der Waals surface area contributed by atoms with Gasteiger partial charge in [-0.2, -0.15) is 0 Å². The van der Waals surface area contributed by atoms with Crippen LogP contribution in [0.15, 0.2) is 46.9 Å². The molecule has 0 saturated carbocycles. The standard InChI is InChI=1S/C20H21N3O4/c1-13-4-6-14(7-5-13)20-23-22-19(27-20)11-18(24)21-12-15-8-9-16(25-2)10-17(15)26-3/h4-10H,11-12H2,1-3H3,(H,21,24). The fourth-order valence-electron chi connectivity index (χ4n) is 2.53. The molecule has 0 saturated heterocycles. The van der Waals surface area contributed by atoms with Crippen molar-refractivity contribution in [1.82, 2.24) is 15.5 Å². The van der Waals surface area contributed by atoms with Crippen LogP contribution in [0.25, 0.3) is 11.5 Å². The Morgan fingerprint density at radius 1 is 1.07 bits per heavy atom. The van der Waals surface area contributed by atoms with E-state index in [2.05, 4.69) is 15.5 Å². The Labute approximate surface area is 157 Å². The first-order valence-electron chi connectivity index (χ1n) is 8.46. The Bertz CT molecular complexity index is 919. The zero-order valence-electron chi connectivity index (χ0n) is 15.5. The van der Waals surface area contributed by atoms with Crippen LogP contribution in [0, 0.1) is 6.92 Å². The molecule has 3 rings (SSSR count). The Kier molecular flexibility index (Phi) is 5.71. The maximum atomic E-state index is 12.2. The van der Waals surface area contributed by atoms with Gasteiger partial charge in [0.25, 0.3) is 0 Å². The highest BCUT2D eigenvalue weighted by Crippen LogP contribution is 2.24. The van der Waals surface area contributed by atoms with Crippen molar-refractivity contribution >= 4 is 5.91 Å². The van der Waals surface area contributed by atoms with Gasteiger partial charge in [0.05, 0.1) is 14.2 Å². The lowest BCUT2D eigenvalue weighted by Crippen LogP contribution is -2.24. The molecule has 1 heterocycles. The number of carbonyl (C=O) groups excluding carboxylic acids is 1. The molecule has 7 nitrogen and oxygen atoms in total. The molecule has 0 aliphatic heterocycles. The molecule has 27 heavy (non-hydrogen) atoms. The average Bonchev–Trinajstić information content (AvgIpc) is 3.15. The number of hydrogen-bond acceptors (Lipinski definition) is 6. The normalized spacial score (nSPS) is 10.5. The lowest BCUT2D eigenvalue weighted by Gasteiger charge is -2.11. The molecule has 0 radical (unpaired) electrons. The molecule has 0 unspecified atom stereocenters. The second-order valence-electron chi connectivity index (χ2n) is 6.00. The molecular formula is C20H21N3O4. The number of nitrogens with one attached hydrogen (secondary N) is 1. The molecule has 1 amide bonds. The van der Waals surface area contributed by atoms with Gasteiger partial charge in [0.1, 0.15) is 17.9 Å². The van der Waals surface area contributed by atoms with Crippen LogP contribution in [-0.4, -0.2) is 30.3 Å². The Morgan fingerprint density at radius 2 is 1.85 bits per heavy atom. The average molecular weight is 367 g/mol. The molecule has 1 N–H and O–H groups in total. The third-order valence-electron chi connectivity index (χ3n) is 4.05. The van der Waals surface area contributed by atoms with E-state index in [4.69, 9.17) is 13.9 Å². The SMILES string of the molecule is COc1ccc(CNC(=O)Cc2nnc(-c3ccc(C)cc3)o2)c(OC)c1. The van der Waals surface area contributed by atoms with Crippen molar-refractivity contribution in [2.75, 3.05) is 14.2 Å². The monoisotopic (exact) mass is 367 g/mol. The number of aromatic nitrogens is 2. The molecule has 0 spiro atoms. The molecule has 0 aliphatic rings. The summed E-state index contributed by atoms with van der Waals surface area (Å²) in [6.07, 6.45) is 0.0112. The summed E-state index contributed by atoms with van der Waals surface area (Å²) < 4.78 is 16.1. The first kappa shape index (κ1) is 18.4. The predicted octanol–water partition coefficient (Wildman–Crippen LogP) is 2.92. The Hall–Kier alpha value is -3.35. The van der Waals surface area contributed by atoms with E-state index < -0.39 is 0 Å². The number of nitrogens with zero attached hydrogens (tertiary/aromatic N) is 2. The van der Waals surface area contributed by atoms with Crippen molar-refractivity contribution in [1.29, 1.82) is 0 Å². The van der Waals surface area contributed by atoms with E-state index in [-0.39, 0.29) is 18.2 Å². The van der Waals surface area contributed by atoms with Gasteiger partial charge in [-0.05, 0) is 31.2 Å². The van der Waals surface area contributed by atoms with Crippen LogP contribution < -0.4 is 14.8 Å². The van der Waals surface area contributed by atoms with Crippen molar-refractivity contribution in [2.45, 2.75) is 19.9 Å². The summed E-state index contributed by atoms with van der Waals surface area (Å²) in [5.41, 5.74) is 2.81. The van der Waals surface area contributed by atoms with Gasteiger partial charge >= 0.3 is 0 Å². The number of carbonyl (C=O) groups is 1. The van der Waals surface area contributed by atoms with Crippen LogP contribution in [-0.2, 0) is 17.8 Å². The van der Waals surface area contributed by atoms with E-state index in [1.807, 2.05) is 43.3 Å². The Balaban J connectivity index is 1.59. The highest BCUT2D eigenvalue weighted by Gasteiger charge is 2.13. The second-order valence-corrected chi connectivity index (χ2v) is 6.00. The molecule has 2 aromatic carbocycles. The minimum atomic E-state index is -0.216. The molecule has 0 aliphatic carbocycles. The second kappa shape index (κ2) is 8.35. The third-order valence-corrected chi connectivity index (χ3v) is 4.05. The number of methoxy groups -OCH3 is 2. The lowest BCUT2D eigenvalue weighted by molar-refractivity contribution is -0.120. The molecule has 140 valence electrons. The van der Waals surface area contributed by atoms with Gasteiger partial charge in [0.15, 0.2) is 0 Å². The molecule has 7 heteroatoms. The molecule has 0 atom stereocenters. The molecule has 3 aromatic rings. The van der Waals surface area contributed by atoms with E-state index >= 15 is 0 Å². The maximum absolute atomic E-state index is 12.2. The van der Waals surface area contributed by atoms with Crippen LogP contribution in [0.4, 0.5) is 0 Å². The summed E-state index contributed by atoms with van der Waals surface area (Å²) >= 11 is 0. The van der Waals surface area contributed by atoms with Gasteiger partial charge in [0, 0.05) is 23.7 Å². The van der Waals surface area contributed by atoms with Crippen LogP contribution in [0.5, 0.6) is 11.5 Å². The highest BCUT2D eigenvalue weighted by atomic mass is 16.5. The van der Waals surface area contributed by atoms with Gasteiger partial charge in [-0.1, -0.05) is 17.7 Å². The van der Waals surface area contributed by atoms with E-state index in [0.717, 1.165) is 16.7 Å². The summed E-state index contributed by atoms with van der Waals surface area (Å²) in [4.78, 5) is 12.2. The lowest BCUT2D eigenvalue weighted by atomic mass is 10.1. The zero-order valence-corrected chi connectivity index (χ0v) is 15.5. The van der Waals surface area contributed by atoms with Crippen molar-refractivity contribution in [3.8, 4) is 23.0 Å². The number of benzene rings is 2. The molecular weight excluding hydrogens is 346 g/mol. The fourth-order valence-corrected chi connectivity index (χ4v) is 2.53. The molecule has 0 fully saturated rings. The summed E-state index contributed by atoms with van der Waals surface area (Å²) in [6.45, 7) is 2.33. The third kappa shape index (κ3) is 4.63. The zero-order chi connectivity index (χ0) is 19.2. The predicted molar refractivity (Wildman–Crippen MR) is 99.6 cm³/mol. The van der Waals surface area contributed by atoms with Crippen molar-refractivity contribution in [3.05, 3.63) is 59.5 Å². The van der Waals surface area contributed by atoms with Crippen LogP contribution >= 0.6 is 0 Å². The van der Waals surface area contributed by atoms with Crippen LogP contribution in [0.1, 0.15) is 17.0 Å². The van der Waals surface area contributed by atoms with E-state index in [1.54, 1.807) is 20.3 Å². The molecule has 0 bridgehead atoms. The number of rotatable bonds is 7. The van der Waals surface area contributed by atoms with Crippen LogP contribution in [0.2, 0.25) is 0 Å². The topological polar surface area (TPSA) is 86.5 Å².